The lowest BCUT2D eigenvalue weighted by Crippen LogP contribution is -2.55. The molecular formula is C26H40N2O5. The van der Waals surface area contributed by atoms with Crippen molar-refractivity contribution in [3.63, 3.8) is 0 Å². The number of rotatable bonds is 6. The van der Waals surface area contributed by atoms with E-state index in [2.05, 4.69) is 0 Å². The highest BCUT2D eigenvalue weighted by atomic mass is 16.6. The van der Waals surface area contributed by atoms with Crippen molar-refractivity contribution < 1.29 is 24.2 Å². The molecule has 0 aromatic heterocycles. The summed E-state index contributed by atoms with van der Waals surface area (Å²) in [7, 11) is 0. The molecule has 0 bridgehead atoms. The summed E-state index contributed by atoms with van der Waals surface area (Å²) < 4.78 is 11.3. The number of hydrogen-bond acceptors (Lipinski definition) is 5. The highest BCUT2D eigenvalue weighted by Gasteiger charge is 2.35. The molecule has 1 heterocycles. The summed E-state index contributed by atoms with van der Waals surface area (Å²) in [6.07, 6.45) is 5.71. The summed E-state index contributed by atoms with van der Waals surface area (Å²) in [6, 6.07) is 9.32. The molecule has 2 unspecified atom stereocenters. The highest BCUT2D eigenvalue weighted by molar-refractivity contribution is 5.70. The van der Waals surface area contributed by atoms with Crippen LogP contribution in [-0.2, 0) is 16.1 Å². The molecule has 1 saturated heterocycles. The molecule has 1 aromatic carbocycles. The minimum Gasteiger partial charge on any atom is -0.445 e. The van der Waals surface area contributed by atoms with Crippen molar-refractivity contribution >= 4 is 12.2 Å². The standard InChI is InChI=1S/C26H40N2O5/c1-26(2,3)33-24(30)27(16-20-10-6-4-7-11-20)17-22-14-15-23(29)18-28(22)25(31)32-19-21-12-8-5-9-13-21/h5,8-9,12-13,20,22-23,29H,4,6-7,10-11,14-19H2,1-3H3. The van der Waals surface area contributed by atoms with Crippen molar-refractivity contribution in [3.8, 4) is 0 Å². The predicted molar refractivity (Wildman–Crippen MR) is 127 cm³/mol. The average molecular weight is 461 g/mol. The monoisotopic (exact) mass is 460 g/mol. The van der Waals surface area contributed by atoms with Crippen LogP contribution in [0.15, 0.2) is 30.3 Å². The number of amides is 2. The summed E-state index contributed by atoms with van der Waals surface area (Å²) in [5.41, 5.74) is 0.325. The number of carbonyl (C=O) groups is 2. The van der Waals surface area contributed by atoms with E-state index in [1.165, 1.54) is 19.3 Å². The summed E-state index contributed by atoms with van der Waals surface area (Å²) >= 11 is 0. The van der Waals surface area contributed by atoms with Gasteiger partial charge < -0.3 is 24.4 Å². The summed E-state index contributed by atoms with van der Waals surface area (Å²) in [5.74, 6) is 0.457. The number of ether oxygens (including phenoxy) is 2. The Balaban J connectivity index is 1.68. The van der Waals surface area contributed by atoms with Gasteiger partial charge >= 0.3 is 12.2 Å². The van der Waals surface area contributed by atoms with E-state index in [4.69, 9.17) is 9.47 Å². The third-order valence-corrected chi connectivity index (χ3v) is 6.41. The molecule has 184 valence electrons. The number of benzene rings is 1. The molecule has 1 aromatic rings. The van der Waals surface area contributed by atoms with Gasteiger partial charge in [-0.25, -0.2) is 9.59 Å². The van der Waals surface area contributed by atoms with Gasteiger partial charge in [0, 0.05) is 13.1 Å². The molecule has 7 nitrogen and oxygen atoms in total. The number of carbonyl (C=O) groups excluding carboxylic acids is 2. The number of β-amino-alcohol motifs (C(OH)–C–C–N with tert-alkyl or cyclic N) is 1. The van der Waals surface area contributed by atoms with Crippen LogP contribution < -0.4 is 0 Å². The smallest absolute Gasteiger partial charge is 0.410 e. The molecule has 7 heteroatoms. The van der Waals surface area contributed by atoms with Gasteiger partial charge in [-0.05, 0) is 57.9 Å². The first kappa shape index (κ1) is 25.3. The van der Waals surface area contributed by atoms with Crippen molar-refractivity contribution in [2.45, 2.75) is 90.1 Å². The average Bonchev–Trinajstić information content (AvgIpc) is 2.78. The number of aliphatic hydroxyl groups excluding tert-OH is 1. The van der Waals surface area contributed by atoms with Gasteiger partial charge in [0.05, 0.1) is 18.7 Å². The first-order valence-electron chi connectivity index (χ1n) is 12.3. The van der Waals surface area contributed by atoms with Crippen LogP contribution in [0.1, 0.15) is 71.3 Å². The van der Waals surface area contributed by atoms with E-state index < -0.39 is 17.8 Å². The van der Waals surface area contributed by atoms with Crippen LogP contribution in [0.3, 0.4) is 0 Å². The van der Waals surface area contributed by atoms with Gasteiger partial charge in [0.2, 0.25) is 0 Å². The fourth-order valence-electron chi connectivity index (χ4n) is 4.71. The van der Waals surface area contributed by atoms with Gasteiger partial charge in [-0.2, -0.15) is 0 Å². The molecule has 0 radical (unpaired) electrons. The lowest BCUT2D eigenvalue weighted by Gasteiger charge is -2.40. The van der Waals surface area contributed by atoms with Gasteiger partial charge in [0.25, 0.3) is 0 Å². The fourth-order valence-corrected chi connectivity index (χ4v) is 4.71. The second-order valence-corrected chi connectivity index (χ2v) is 10.5. The van der Waals surface area contributed by atoms with Crippen LogP contribution in [0.2, 0.25) is 0 Å². The van der Waals surface area contributed by atoms with Crippen molar-refractivity contribution in [1.82, 2.24) is 9.80 Å². The Morgan fingerprint density at radius 2 is 1.73 bits per heavy atom. The Morgan fingerprint density at radius 1 is 1.03 bits per heavy atom. The lowest BCUT2D eigenvalue weighted by atomic mass is 9.88. The van der Waals surface area contributed by atoms with Gasteiger partial charge in [0.1, 0.15) is 12.2 Å². The third-order valence-electron chi connectivity index (χ3n) is 6.41. The molecule has 2 amide bonds. The molecule has 2 aliphatic rings. The first-order valence-corrected chi connectivity index (χ1v) is 12.3. The Morgan fingerprint density at radius 3 is 2.39 bits per heavy atom. The van der Waals surface area contributed by atoms with Crippen LogP contribution in [0, 0.1) is 5.92 Å². The van der Waals surface area contributed by atoms with Crippen LogP contribution in [-0.4, -0.2) is 64.5 Å². The Bertz CT molecular complexity index is 758. The van der Waals surface area contributed by atoms with E-state index in [0.717, 1.165) is 18.4 Å². The van der Waals surface area contributed by atoms with E-state index in [1.807, 2.05) is 51.1 Å². The molecule has 33 heavy (non-hydrogen) atoms. The Hall–Kier alpha value is -2.28. The number of hydrogen-bond donors (Lipinski definition) is 1. The maximum Gasteiger partial charge on any atom is 0.410 e. The maximum atomic E-state index is 13.1. The highest BCUT2D eigenvalue weighted by Crippen LogP contribution is 2.27. The summed E-state index contributed by atoms with van der Waals surface area (Å²) in [6.45, 7) is 7.02. The molecule has 1 aliphatic heterocycles. The molecule has 0 spiro atoms. The first-order chi connectivity index (χ1) is 15.7. The van der Waals surface area contributed by atoms with Gasteiger partial charge in [-0.1, -0.05) is 49.6 Å². The fraction of sp³-hybridized carbons (Fsp3) is 0.692. The summed E-state index contributed by atoms with van der Waals surface area (Å²) in [5, 5.41) is 10.2. The minimum absolute atomic E-state index is 0.177. The van der Waals surface area contributed by atoms with Gasteiger partial charge in [-0.3, -0.25) is 0 Å². The zero-order chi connectivity index (χ0) is 23.8. The molecular weight excluding hydrogens is 420 g/mol. The Kier molecular flexibility index (Phi) is 9.01. The normalized spacial score (nSPS) is 22.0. The van der Waals surface area contributed by atoms with E-state index in [1.54, 1.807) is 9.80 Å². The van der Waals surface area contributed by atoms with Crippen LogP contribution in [0.25, 0.3) is 0 Å². The zero-order valence-electron chi connectivity index (χ0n) is 20.4. The van der Waals surface area contributed by atoms with E-state index >= 15 is 0 Å². The molecule has 1 saturated carbocycles. The number of nitrogens with zero attached hydrogens (tertiary/aromatic N) is 2. The number of likely N-dealkylation sites (tertiary alicyclic amines) is 1. The van der Waals surface area contributed by atoms with E-state index in [9.17, 15) is 14.7 Å². The van der Waals surface area contributed by atoms with Crippen LogP contribution in [0.5, 0.6) is 0 Å². The SMILES string of the molecule is CC(C)(C)OC(=O)N(CC1CCCCC1)CC1CCC(O)CN1C(=O)OCc1ccccc1. The third kappa shape index (κ3) is 8.22. The second kappa shape index (κ2) is 11.7. The van der Waals surface area contributed by atoms with E-state index in [-0.39, 0.29) is 25.3 Å². The molecule has 1 aliphatic carbocycles. The number of aliphatic hydroxyl groups is 1. The quantitative estimate of drug-likeness (QED) is 0.649. The van der Waals surface area contributed by atoms with Crippen LogP contribution in [0.4, 0.5) is 9.59 Å². The topological polar surface area (TPSA) is 79.3 Å². The van der Waals surface area contributed by atoms with Gasteiger partial charge in [-0.15, -0.1) is 0 Å². The molecule has 1 N–H and O–H groups in total. The maximum absolute atomic E-state index is 13.1. The zero-order valence-corrected chi connectivity index (χ0v) is 20.4. The second-order valence-electron chi connectivity index (χ2n) is 10.5. The largest absolute Gasteiger partial charge is 0.445 e. The summed E-state index contributed by atoms with van der Waals surface area (Å²) in [4.78, 5) is 29.4. The van der Waals surface area contributed by atoms with Crippen molar-refractivity contribution in [2.75, 3.05) is 19.6 Å². The molecule has 3 rings (SSSR count). The number of piperidine rings is 1. The van der Waals surface area contributed by atoms with Crippen molar-refractivity contribution in [3.05, 3.63) is 35.9 Å². The van der Waals surface area contributed by atoms with Crippen LogP contribution >= 0.6 is 0 Å². The van der Waals surface area contributed by atoms with Crippen molar-refractivity contribution in [2.24, 2.45) is 5.92 Å². The van der Waals surface area contributed by atoms with Gasteiger partial charge in [0.15, 0.2) is 0 Å². The minimum atomic E-state index is -0.584. The molecule has 2 atom stereocenters. The molecule has 2 fully saturated rings. The van der Waals surface area contributed by atoms with Crippen molar-refractivity contribution in [1.29, 1.82) is 0 Å². The van der Waals surface area contributed by atoms with E-state index in [0.29, 0.717) is 31.8 Å². The predicted octanol–water partition coefficient (Wildman–Crippen LogP) is 4.97. The lowest BCUT2D eigenvalue weighted by molar-refractivity contribution is -0.00557. The Labute approximate surface area is 198 Å².